The molecule has 0 atom stereocenters. The predicted octanol–water partition coefficient (Wildman–Crippen LogP) is 2.07. The van der Waals surface area contributed by atoms with Crippen molar-refractivity contribution in [2.24, 2.45) is 0 Å². The third kappa shape index (κ3) is 6.16. The number of hydrogen-bond acceptors (Lipinski definition) is 8. The Labute approximate surface area is 195 Å². The number of amides is 1. The van der Waals surface area contributed by atoms with Gasteiger partial charge < -0.3 is 20.1 Å². The molecule has 3 rings (SSSR count). The Morgan fingerprint density at radius 3 is 2.30 bits per heavy atom. The lowest BCUT2D eigenvalue weighted by Crippen LogP contribution is -2.51. The molecule has 1 aromatic carbocycles. The first-order valence-electron chi connectivity index (χ1n) is 10.6. The molecule has 1 saturated heterocycles. The van der Waals surface area contributed by atoms with E-state index in [0.717, 1.165) is 28.8 Å². The maximum atomic E-state index is 12.8. The van der Waals surface area contributed by atoms with Gasteiger partial charge in [0.05, 0.1) is 6.54 Å². The Morgan fingerprint density at radius 1 is 1.12 bits per heavy atom. The zero-order chi connectivity index (χ0) is 24.2. The fraction of sp³-hybridized carbons (Fsp3) is 0.391. The lowest BCUT2D eigenvalue weighted by atomic mass is 10.1. The number of likely N-dealkylation sites (N-methyl/N-ethyl adjacent to an activating group) is 1. The van der Waals surface area contributed by atoms with Crippen LogP contribution in [0.15, 0.2) is 53.6 Å². The maximum Gasteiger partial charge on any atom is 0.246 e. The number of para-hydroxylation sites is 1. The van der Waals surface area contributed by atoms with E-state index in [9.17, 15) is 13.2 Å². The standard InChI is InChI=1S/C23H30N6O3S/c1-17(24)13-18(2)27(3)16-22(30)29-11-9-28(10-12-29)21-8-6-5-7-20(21)19-14-25-23(26-15-19)33(4,31)32/h5-8,13-15,24H,9-12,16H2,1-4H3/b18-13-,24-17?. The molecule has 1 aliphatic heterocycles. The molecule has 2 aromatic rings. The van der Waals surface area contributed by atoms with Gasteiger partial charge in [-0.2, -0.15) is 0 Å². The number of hydrogen-bond donors (Lipinski definition) is 1. The molecule has 2 heterocycles. The Morgan fingerprint density at radius 2 is 1.73 bits per heavy atom. The summed E-state index contributed by atoms with van der Waals surface area (Å²) in [5.41, 5.74) is 3.99. The number of benzene rings is 1. The monoisotopic (exact) mass is 470 g/mol. The Bertz CT molecular complexity index is 1150. The van der Waals surface area contributed by atoms with Crippen LogP contribution < -0.4 is 4.90 Å². The van der Waals surface area contributed by atoms with E-state index in [2.05, 4.69) is 14.9 Å². The van der Waals surface area contributed by atoms with Gasteiger partial charge in [-0.05, 0) is 26.0 Å². The normalized spacial score (nSPS) is 14.8. The first kappa shape index (κ1) is 24.4. The van der Waals surface area contributed by atoms with E-state index in [1.165, 1.54) is 12.4 Å². The smallest absolute Gasteiger partial charge is 0.246 e. The molecule has 1 fully saturated rings. The average Bonchev–Trinajstić information content (AvgIpc) is 2.78. The maximum absolute atomic E-state index is 12.8. The second-order valence-corrected chi connectivity index (χ2v) is 10.1. The van der Waals surface area contributed by atoms with Crippen molar-refractivity contribution in [1.29, 1.82) is 5.41 Å². The highest BCUT2D eigenvalue weighted by atomic mass is 32.2. The molecule has 0 unspecified atom stereocenters. The Kier molecular flexibility index (Phi) is 7.47. The molecule has 176 valence electrons. The fourth-order valence-electron chi connectivity index (χ4n) is 3.69. The number of piperazine rings is 1. The van der Waals surface area contributed by atoms with Crippen LogP contribution in [0.25, 0.3) is 11.1 Å². The number of carbonyl (C=O) groups is 1. The largest absolute Gasteiger partial charge is 0.369 e. The molecule has 1 N–H and O–H groups in total. The molecule has 0 spiro atoms. The number of sulfone groups is 1. The van der Waals surface area contributed by atoms with Gasteiger partial charge in [-0.1, -0.05) is 18.2 Å². The van der Waals surface area contributed by atoms with Gasteiger partial charge in [0.25, 0.3) is 0 Å². The van der Waals surface area contributed by atoms with E-state index in [1.54, 1.807) is 13.0 Å². The number of nitrogens with one attached hydrogen (secondary N) is 1. The summed E-state index contributed by atoms with van der Waals surface area (Å²) in [5, 5.41) is 7.39. The van der Waals surface area contributed by atoms with Crippen LogP contribution in [0.5, 0.6) is 0 Å². The van der Waals surface area contributed by atoms with Gasteiger partial charge >= 0.3 is 0 Å². The summed E-state index contributed by atoms with van der Waals surface area (Å²) in [4.78, 5) is 26.7. The van der Waals surface area contributed by atoms with Crippen LogP contribution in [0, 0.1) is 5.41 Å². The van der Waals surface area contributed by atoms with Crippen molar-refractivity contribution in [1.82, 2.24) is 19.8 Å². The molecule has 10 heteroatoms. The van der Waals surface area contributed by atoms with Crippen LogP contribution in [0.1, 0.15) is 13.8 Å². The van der Waals surface area contributed by atoms with Crippen LogP contribution >= 0.6 is 0 Å². The van der Waals surface area contributed by atoms with Gasteiger partial charge in [-0.25, -0.2) is 18.4 Å². The minimum absolute atomic E-state index is 0.0607. The van der Waals surface area contributed by atoms with Gasteiger partial charge in [0.15, 0.2) is 0 Å². The molecule has 0 aliphatic carbocycles. The minimum atomic E-state index is -3.45. The van der Waals surface area contributed by atoms with Crippen molar-refractivity contribution < 1.29 is 13.2 Å². The van der Waals surface area contributed by atoms with Crippen molar-refractivity contribution in [3.05, 3.63) is 48.4 Å². The molecule has 0 bridgehead atoms. The minimum Gasteiger partial charge on any atom is -0.369 e. The van der Waals surface area contributed by atoms with Crippen molar-refractivity contribution in [3.63, 3.8) is 0 Å². The highest BCUT2D eigenvalue weighted by molar-refractivity contribution is 7.90. The molecule has 1 aliphatic rings. The van der Waals surface area contributed by atoms with Gasteiger partial charge in [-0.3, -0.25) is 4.79 Å². The molecular weight excluding hydrogens is 440 g/mol. The van der Waals surface area contributed by atoms with Crippen LogP contribution in [0.2, 0.25) is 0 Å². The summed E-state index contributed by atoms with van der Waals surface area (Å²) < 4.78 is 23.3. The van der Waals surface area contributed by atoms with Gasteiger partial charge in [0.2, 0.25) is 20.9 Å². The quantitative estimate of drug-likeness (QED) is 0.487. The van der Waals surface area contributed by atoms with E-state index in [0.29, 0.717) is 31.9 Å². The van der Waals surface area contributed by atoms with Crippen molar-refractivity contribution in [2.45, 2.75) is 19.0 Å². The van der Waals surface area contributed by atoms with Gasteiger partial charge in [0, 0.05) is 80.1 Å². The topological polar surface area (TPSA) is 111 Å². The van der Waals surface area contributed by atoms with Crippen molar-refractivity contribution in [2.75, 3.05) is 50.9 Å². The highest BCUT2D eigenvalue weighted by Crippen LogP contribution is 2.31. The van der Waals surface area contributed by atoms with Crippen molar-refractivity contribution >= 4 is 27.1 Å². The highest BCUT2D eigenvalue weighted by Gasteiger charge is 2.24. The number of allylic oxidation sites excluding steroid dienone is 2. The molecule has 9 nitrogen and oxygen atoms in total. The van der Waals surface area contributed by atoms with Gasteiger partial charge in [-0.15, -0.1) is 0 Å². The number of carbonyl (C=O) groups excluding carboxylic acids is 1. The molecule has 0 saturated carbocycles. The van der Waals surface area contributed by atoms with Crippen molar-refractivity contribution in [3.8, 4) is 11.1 Å². The molecule has 1 amide bonds. The zero-order valence-electron chi connectivity index (χ0n) is 19.4. The number of anilines is 1. The lowest BCUT2D eigenvalue weighted by molar-refractivity contribution is -0.132. The third-order valence-corrected chi connectivity index (χ3v) is 6.42. The van der Waals surface area contributed by atoms with E-state index >= 15 is 0 Å². The van der Waals surface area contributed by atoms with E-state index < -0.39 is 9.84 Å². The average molecular weight is 471 g/mol. The van der Waals surface area contributed by atoms with Crippen LogP contribution in [-0.2, 0) is 14.6 Å². The summed E-state index contributed by atoms with van der Waals surface area (Å²) in [7, 11) is -1.60. The van der Waals surface area contributed by atoms with E-state index in [4.69, 9.17) is 5.41 Å². The van der Waals surface area contributed by atoms with E-state index in [-0.39, 0.29) is 17.6 Å². The zero-order valence-corrected chi connectivity index (χ0v) is 20.3. The third-order valence-electron chi connectivity index (χ3n) is 5.55. The molecule has 0 radical (unpaired) electrons. The van der Waals surface area contributed by atoms with E-state index in [1.807, 2.05) is 48.0 Å². The first-order valence-corrected chi connectivity index (χ1v) is 12.5. The van der Waals surface area contributed by atoms with Gasteiger partial charge in [0.1, 0.15) is 0 Å². The second kappa shape index (κ2) is 10.1. The summed E-state index contributed by atoms with van der Waals surface area (Å²) >= 11 is 0. The number of aromatic nitrogens is 2. The number of rotatable bonds is 7. The second-order valence-electron chi connectivity index (χ2n) is 8.24. The van der Waals surface area contributed by atoms with Crippen LogP contribution in [0.4, 0.5) is 5.69 Å². The van der Waals surface area contributed by atoms with Crippen LogP contribution in [-0.4, -0.2) is 85.8 Å². The fourth-order valence-corrected chi connectivity index (χ4v) is 4.18. The first-order chi connectivity index (χ1) is 15.6. The summed E-state index contributed by atoms with van der Waals surface area (Å²) in [6.45, 7) is 6.46. The SMILES string of the molecule is CC(=N)/C=C(/C)N(C)CC(=O)N1CCN(c2ccccc2-c2cnc(S(C)(=O)=O)nc2)CC1. The Hall–Kier alpha value is -3.27. The molecule has 1 aromatic heterocycles. The number of nitrogens with zero attached hydrogens (tertiary/aromatic N) is 5. The molecule has 33 heavy (non-hydrogen) atoms. The van der Waals surface area contributed by atoms with Crippen LogP contribution in [0.3, 0.4) is 0 Å². The lowest BCUT2D eigenvalue weighted by Gasteiger charge is -2.37. The molecular formula is C23H30N6O3S. The predicted molar refractivity (Wildman–Crippen MR) is 129 cm³/mol. The summed E-state index contributed by atoms with van der Waals surface area (Å²) in [6.07, 6.45) is 5.89. The summed E-state index contributed by atoms with van der Waals surface area (Å²) in [5.74, 6) is 0.0607. The summed E-state index contributed by atoms with van der Waals surface area (Å²) in [6, 6.07) is 7.85. The Balaban J connectivity index is 1.68.